The molecule has 7 aromatic rings. The summed E-state index contributed by atoms with van der Waals surface area (Å²) in [5.41, 5.74) is 4.49. The average Bonchev–Trinajstić information content (AvgIpc) is 3.46. The van der Waals surface area contributed by atoms with E-state index >= 15 is 0 Å². The number of para-hydroxylation sites is 2. The Labute approximate surface area is 236 Å². The van der Waals surface area contributed by atoms with Gasteiger partial charge in [0.1, 0.15) is 11.2 Å². The molecule has 0 atom stereocenters. The van der Waals surface area contributed by atoms with Gasteiger partial charge in [-0.15, -0.1) is 23.8 Å². The van der Waals surface area contributed by atoms with Crippen LogP contribution in [-0.2, 0) is 20.1 Å². The van der Waals surface area contributed by atoms with Crippen LogP contribution in [0.25, 0.3) is 64.3 Å². The smallest absolute Gasteiger partial charge is 0.316 e. The Morgan fingerprint density at radius 2 is 1.58 bits per heavy atom. The van der Waals surface area contributed by atoms with Crippen molar-refractivity contribution in [1.82, 2.24) is 4.98 Å². The molecule has 0 aliphatic heterocycles. The Morgan fingerprint density at radius 1 is 0.895 bits per heavy atom. The first-order chi connectivity index (χ1) is 18.0. The molecule has 0 bridgehead atoms. The van der Waals surface area contributed by atoms with Gasteiger partial charge in [0.05, 0.1) is 24.3 Å². The average molecular weight is 694 g/mol. The van der Waals surface area contributed by atoms with E-state index in [1.807, 2.05) is 18.2 Å². The minimum atomic E-state index is 0. The third-order valence-corrected chi connectivity index (χ3v) is 7.33. The van der Waals surface area contributed by atoms with E-state index in [-0.39, 0.29) is 31.6 Å². The summed E-state index contributed by atoms with van der Waals surface area (Å²) in [5.74, 6) is 0.250. The summed E-state index contributed by atoms with van der Waals surface area (Å²) >= 11 is 1.81. The van der Waals surface area contributed by atoms with Crippen LogP contribution >= 0.6 is 11.3 Å². The third-order valence-electron chi connectivity index (χ3n) is 6.20. The van der Waals surface area contributed by atoms with Gasteiger partial charge in [-0.25, -0.2) is 0 Å². The number of carbonyl (C=O) groups excluding carboxylic acids is 1. The number of fused-ring (bicyclic) bond motifs is 8. The van der Waals surface area contributed by atoms with Crippen molar-refractivity contribution in [2.45, 2.75) is 13.8 Å². The number of aromatic nitrogens is 1. The third kappa shape index (κ3) is 4.63. The van der Waals surface area contributed by atoms with Crippen LogP contribution in [0.4, 0.5) is 0 Å². The predicted molar refractivity (Wildman–Crippen MR) is 155 cm³/mol. The van der Waals surface area contributed by atoms with Crippen LogP contribution in [0.15, 0.2) is 101 Å². The maximum atomic E-state index is 8.40. The van der Waals surface area contributed by atoms with E-state index in [0.717, 1.165) is 44.1 Å². The van der Waals surface area contributed by atoms with Crippen LogP contribution in [-0.4, -0.2) is 20.7 Å². The van der Waals surface area contributed by atoms with Gasteiger partial charge in [0.15, 0.2) is 0 Å². The number of pyridine rings is 1. The second kappa shape index (κ2) is 10.5. The second-order valence-electron chi connectivity index (χ2n) is 8.93. The molecule has 0 spiro atoms. The van der Waals surface area contributed by atoms with E-state index in [2.05, 4.69) is 72.8 Å². The molecule has 38 heavy (non-hydrogen) atoms. The summed E-state index contributed by atoms with van der Waals surface area (Å²) < 4.78 is 8.87. The van der Waals surface area contributed by atoms with Gasteiger partial charge in [-0.1, -0.05) is 60.0 Å². The van der Waals surface area contributed by atoms with Crippen LogP contribution in [0.5, 0.6) is 0 Å². The number of aliphatic hydroxyl groups excluding tert-OH is 1. The van der Waals surface area contributed by atoms with Crippen LogP contribution in [0.3, 0.4) is 0 Å². The normalized spacial score (nSPS) is 11.6. The van der Waals surface area contributed by atoms with Gasteiger partial charge in [0.2, 0.25) is 0 Å². The number of allylic oxidation sites excluding steroid dienone is 2. The number of ketones is 1. The fourth-order valence-corrected chi connectivity index (χ4v) is 5.85. The molecule has 3 aromatic heterocycles. The summed E-state index contributed by atoms with van der Waals surface area (Å²) in [6.07, 6.45) is 1.28. The summed E-state index contributed by atoms with van der Waals surface area (Å²) in [4.78, 5) is 13.4. The van der Waals surface area contributed by atoms with Crippen LogP contribution < -0.4 is 0 Å². The number of aliphatic hydroxyl groups is 1. The summed E-state index contributed by atoms with van der Waals surface area (Å²) in [6, 6.07) is 32.8. The van der Waals surface area contributed by atoms with Gasteiger partial charge < -0.3 is 9.52 Å². The van der Waals surface area contributed by atoms with E-state index in [1.165, 1.54) is 40.1 Å². The van der Waals surface area contributed by atoms with Crippen molar-refractivity contribution < 1.29 is 34.4 Å². The zero-order valence-corrected chi connectivity index (χ0v) is 23.9. The van der Waals surface area contributed by atoms with Crippen molar-refractivity contribution in [2.75, 3.05) is 0 Å². The molecule has 4 nitrogen and oxygen atoms in total. The maximum absolute atomic E-state index is 8.40. The molecule has 4 aromatic carbocycles. The molecule has 0 saturated heterocycles. The number of thiophene rings is 1. The van der Waals surface area contributed by atoms with Crippen molar-refractivity contribution in [3.05, 3.63) is 103 Å². The fourth-order valence-electron chi connectivity index (χ4n) is 4.72. The number of furan rings is 1. The molecule has 0 fully saturated rings. The molecule has 1 radical (unpaired) electrons. The molecule has 2 N–H and O–H groups in total. The van der Waals surface area contributed by atoms with Gasteiger partial charge in [0.25, 0.3) is 0 Å². The zero-order chi connectivity index (χ0) is 25.5. The van der Waals surface area contributed by atoms with Crippen LogP contribution in [0.2, 0.25) is 0 Å². The van der Waals surface area contributed by atoms with Gasteiger partial charge in [-0.05, 0) is 35.2 Å². The van der Waals surface area contributed by atoms with E-state index in [1.54, 1.807) is 11.3 Å². The van der Waals surface area contributed by atoms with E-state index in [0.29, 0.717) is 0 Å². The van der Waals surface area contributed by atoms with Gasteiger partial charge >= 0.3 is 5.78 Å². The van der Waals surface area contributed by atoms with Crippen molar-refractivity contribution in [1.29, 1.82) is 0 Å². The van der Waals surface area contributed by atoms with Crippen molar-refractivity contribution in [3.8, 4) is 11.3 Å². The molecule has 7 rings (SSSR count). The van der Waals surface area contributed by atoms with Gasteiger partial charge in [-0.2, -0.15) is 11.3 Å². The quantitative estimate of drug-likeness (QED) is 0.0851. The Morgan fingerprint density at radius 3 is 2.32 bits per heavy atom. The van der Waals surface area contributed by atoms with Crippen LogP contribution in [0, 0.1) is 6.07 Å². The monoisotopic (exact) mass is 694 g/mol. The molecule has 0 aliphatic carbocycles. The molecule has 0 amide bonds. The molecule has 6 heteroatoms. The predicted octanol–water partition coefficient (Wildman–Crippen LogP) is 8.98. The standard InChI is InChI=1S/C27H14NOS.C5H8O2.Ir/c1-4-10-21-19(8-1)25-20-9-2-5-11-22(20)29-27(25)26(28-21)16-13-14-18-17-7-3-6-12-23(17)30-24(18)15-16;1-4(6)3-5(2)7;/h1-12,14-15H;3,6H,1-2H3;/q-1;;/p+1/b;4-3-;. The Bertz CT molecular complexity index is 2000. The molecule has 0 unspecified atom stereocenters. The largest absolute Gasteiger partial charge is 0.512 e. The van der Waals surface area contributed by atoms with E-state index in [9.17, 15) is 0 Å². The second-order valence-corrected chi connectivity index (χ2v) is 10.0. The molecule has 189 valence electrons. The topological polar surface area (TPSA) is 67.7 Å². The molecule has 3 heterocycles. The summed E-state index contributed by atoms with van der Waals surface area (Å²) in [7, 11) is 0. The van der Waals surface area contributed by atoms with Gasteiger partial charge in [0, 0.05) is 46.7 Å². The Balaban J connectivity index is 0.000000329. The van der Waals surface area contributed by atoms with Crippen molar-refractivity contribution >= 4 is 70.1 Å². The number of rotatable bonds is 2. The molecular formula is C32H23IrNO3S. The Kier molecular flexibility index (Phi) is 7.13. The number of benzene rings is 4. The fraction of sp³-hybridized carbons (Fsp3) is 0.0625. The minimum Gasteiger partial charge on any atom is -0.512 e. The number of hydrogen-bond donors (Lipinski definition) is 1. The molecule has 0 saturated carbocycles. The summed E-state index contributed by atoms with van der Waals surface area (Å²) in [6.45, 7) is 3.00. The van der Waals surface area contributed by atoms with E-state index < -0.39 is 0 Å². The van der Waals surface area contributed by atoms with E-state index in [4.69, 9.17) is 19.3 Å². The first-order valence-electron chi connectivity index (χ1n) is 11.9. The number of nitrogens with zero attached hydrogens (tertiary/aromatic N) is 1. The molecule has 0 aliphatic rings. The van der Waals surface area contributed by atoms with Crippen molar-refractivity contribution in [2.24, 2.45) is 0 Å². The number of hydrogen-bond acceptors (Lipinski definition) is 4. The maximum Gasteiger partial charge on any atom is 0.316 e. The van der Waals surface area contributed by atoms with Crippen molar-refractivity contribution in [3.63, 3.8) is 0 Å². The van der Waals surface area contributed by atoms with Gasteiger partial charge in [-0.3, -0.25) is 9.78 Å². The SMILES string of the molecule is CC(=[OH+])/C=C(/C)O.[Ir].[c-]1cc2c(cc1-c1nc3ccccc3c3c1oc1ccccc13)sc1ccccc12. The Hall–Kier alpha value is -3.83. The zero-order valence-electron chi connectivity index (χ0n) is 20.7. The minimum absolute atomic E-state index is 0. The first-order valence-corrected chi connectivity index (χ1v) is 12.7. The molecular weight excluding hydrogens is 671 g/mol. The van der Waals surface area contributed by atoms with Crippen LogP contribution in [0.1, 0.15) is 13.8 Å². The summed E-state index contributed by atoms with van der Waals surface area (Å²) in [5, 5.41) is 14.3. The first kappa shape index (κ1) is 25.8.